The van der Waals surface area contributed by atoms with Crippen molar-refractivity contribution in [2.75, 3.05) is 20.1 Å². The molecule has 0 spiro atoms. The standard InChI is InChI=1S/C11H15ClN2O2/c1-14(7-8-3-2-6-13-8)11(15)9-4-5-10(12)16-9/h4-5,8,13H,2-3,6-7H2,1H3. The second-order valence-electron chi connectivity index (χ2n) is 4.08. The second kappa shape index (κ2) is 4.89. The Morgan fingerprint density at radius 2 is 2.50 bits per heavy atom. The van der Waals surface area contributed by atoms with Crippen molar-refractivity contribution in [3.63, 3.8) is 0 Å². The van der Waals surface area contributed by atoms with Gasteiger partial charge in [0, 0.05) is 19.6 Å². The molecule has 0 aliphatic carbocycles. The van der Waals surface area contributed by atoms with Gasteiger partial charge in [0.15, 0.2) is 11.0 Å². The number of nitrogens with one attached hydrogen (secondary N) is 1. The van der Waals surface area contributed by atoms with Crippen molar-refractivity contribution < 1.29 is 9.21 Å². The Morgan fingerprint density at radius 3 is 3.06 bits per heavy atom. The van der Waals surface area contributed by atoms with Gasteiger partial charge < -0.3 is 14.6 Å². The molecule has 1 amide bonds. The van der Waals surface area contributed by atoms with Crippen LogP contribution in [0.15, 0.2) is 16.5 Å². The summed E-state index contributed by atoms with van der Waals surface area (Å²) in [6, 6.07) is 3.58. The molecule has 1 aromatic rings. The van der Waals surface area contributed by atoms with E-state index in [2.05, 4.69) is 5.32 Å². The minimum absolute atomic E-state index is 0.124. The van der Waals surface area contributed by atoms with Crippen molar-refractivity contribution in [3.05, 3.63) is 23.1 Å². The van der Waals surface area contributed by atoms with Crippen molar-refractivity contribution in [1.82, 2.24) is 10.2 Å². The number of likely N-dealkylation sites (N-methyl/N-ethyl adjacent to an activating group) is 1. The van der Waals surface area contributed by atoms with Crippen molar-refractivity contribution in [3.8, 4) is 0 Å². The van der Waals surface area contributed by atoms with E-state index in [1.165, 1.54) is 6.42 Å². The molecule has 1 unspecified atom stereocenters. The molecule has 1 fully saturated rings. The van der Waals surface area contributed by atoms with Crippen LogP contribution in [0.4, 0.5) is 0 Å². The van der Waals surface area contributed by atoms with Gasteiger partial charge in [-0.25, -0.2) is 0 Å². The van der Waals surface area contributed by atoms with Crippen LogP contribution in [0.3, 0.4) is 0 Å². The zero-order valence-electron chi connectivity index (χ0n) is 9.20. The predicted octanol–water partition coefficient (Wildman–Crippen LogP) is 1.76. The number of amides is 1. The Balaban J connectivity index is 1.93. The first-order chi connectivity index (χ1) is 7.66. The number of nitrogens with zero attached hydrogens (tertiary/aromatic N) is 1. The number of halogens is 1. The first-order valence-electron chi connectivity index (χ1n) is 5.41. The van der Waals surface area contributed by atoms with Crippen molar-refractivity contribution >= 4 is 17.5 Å². The molecular formula is C11H15ClN2O2. The van der Waals surface area contributed by atoms with Crippen LogP contribution in [-0.2, 0) is 0 Å². The van der Waals surface area contributed by atoms with Gasteiger partial charge in [-0.3, -0.25) is 4.79 Å². The van der Waals surface area contributed by atoms with Crippen molar-refractivity contribution in [1.29, 1.82) is 0 Å². The maximum absolute atomic E-state index is 11.9. The quantitative estimate of drug-likeness (QED) is 0.879. The average molecular weight is 243 g/mol. The number of carbonyl (C=O) groups excluding carboxylic acids is 1. The third kappa shape index (κ3) is 2.57. The van der Waals surface area contributed by atoms with Gasteiger partial charge >= 0.3 is 0 Å². The van der Waals surface area contributed by atoms with E-state index in [-0.39, 0.29) is 11.1 Å². The molecule has 16 heavy (non-hydrogen) atoms. The summed E-state index contributed by atoms with van der Waals surface area (Å²) in [6.45, 7) is 1.75. The number of rotatable bonds is 3. The Morgan fingerprint density at radius 1 is 1.69 bits per heavy atom. The highest BCUT2D eigenvalue weighted by molar-refractivity contribution is 6.29. The lowest BCUT2D eigenvalue weighted by molar-refractivity contribution is 0.0752. The fraction of sp³-hybridized carbons (Fsp3) is 0.545. The topological polar surface area (TPSA) is 45.5 Å². The average Bonchev–Trinajstić information content (AvgIpc) is 2.88. The van der Waals surface area contributed by atoms with E-state index in [0.717, 1.165) is 13.0 Å². The maximum atomic E-state index is 11.9. The number of hydrogen-bond acceptors (Lipinski definition) is 3. The molecule has 1 aliphatic heterocycles. The van der Waals surface area contributed by atoms with Crippen LogP contribution in [0.5, 0.6) is 0 Å². The first kappa shape index (κ1) is 11.5. The molecule has 0 aromatic carbocycles. The fourth-order valence-electron chi connectivity index (χ4n) is 1.94. The van der Waals surface area contributed by atoms with E-state index in [4.69, 9.17) is 16.0 Å². The molecule has 1 N–H and O–H groups in total. The molecule has 5 heteroatoms. The minimum Gasteiger partial charge on any atom is -0.440 e. The predicted molar refractivity (Wildman–Crippen MR) is 61.7 cm³/mol. The molecule has 0 radical (unpaired) electrons. The van der Waals surface area contributed by atoms with Crippen LogP contribution >= 0.6 is 11.6 Å². The van der Waals surface area contributed by atoms with Crippen LogP contribution in [0.2, 0.25) is 5.22 Å². The van der Waals surface area contributed by atoms with Gasteiger partial charge in [0.25, 0.3) is 5.91 Å². The van der Waals surface area contributed by atoms with Gasteiger partial charge in [-0.15, -0.1) is 0 Å². The Bertz CT molecular complexity index is 372. The second-order valence-corrected chi connectivity index (χ2v) is 4.46. The largest absolute Gasteiger partial charge is 0.440 e. The lowest BCUT2D eigenvalue weighted by atomic mass is 10.2. The zero-order chi connectivity index (χ0) is 11.5. The van der Waals surface area contributed by atoms with Crippen molar-refractivity contribution in [2.24, 2.45) is 0 Å². The Hall–Kier alpha value is -1.00. The first-order valence-corrected chi connectivity index (χ1v) is 5.79. The van der Waals surface area contributed by atoms with Gasteiger partial charge in [-0.05, 0) is 43.1 Å². The van der Waals surface area contributed by atoms with Gasteiger partial charge in [-0.1, -0.05) is 0 Å². The molecular weight excluding hydrogens is 228 g/mol. The summed E-state index contributed by atoms with van der Waals surface area (Å²) in [7, 11) is 1.78. The molecule has 4 nitrogen and oxygen atoms in total. The molecule has 1 saturated heterocycles. The van der Waals surface area contributed by atoms with Crippen LogP contribution in [0, 0.1) is 0 Å². The zero-order valence-corrected chi connectivity index (χ0v) is 9.96. The molecule has 2 rings (SSSR count). The molecule has 88 valence electrons. The van der Waals surface area contributed by atoms with E-state index < -0.39 is 0 Å². The Kier molecular flexibility index (Phi) is 3.51. The van der Waals surface area contributed by atoms with Gasteiger partial charge in [0.2, 0.25) is 0 Å². The van der Waals surface area contributed by atoms with Gasteiger partial charge in [0.1, 0.15) is 0 Å². The van der Waals surface area contributed by atoms with Crippen LogP contribution in [0.1, 0.15) is 23.4 Å². The van der Waals surface area contributed by atoms with E-state index in [9.17, 15) is 4.79 Å². The summed E-state index contributed by atoms with van der Waals surface area (Å²) in [5.74, 6) is 0.172. The Labute approximate surface area is 99.5 Å². The molecule has 2 heterocycles. The highest BCUT2D eigenvalue weighted by atomic mass is 35.5. The molecule has 1 atom stereocenters. The summed E-state index contributed by atoms with van der Waals surface area (Å²) in [4.78, 5) is 13.6. The summed E-state index contributed by atoms with van der Waals surface area (Å²) < 4.78 is 5.08. The minimum atomic E-state index is -0.124. The summed E-state index contributed by atoms with van der Waals surface area (Å²) in [5, 5.41) is 3.59. The number of furan rings is 1. The normalized spacial score (nSPS) is 20.0. The molecule has 0 bridgehead atoms. The molecule has 1 aromatic heterocycles. The highest BCUT2D eigenvalue weighted by Crippen LogP contribution is 2.15. The summed E-state index contributed by atoms with van der Waals surface area (Å²) in [5.41, 5.74) is 0. The third-order valence-corrected chi connectivity index (χ3v) is 2.99. The van der Waals surface area contributed by atoms with Crippen LogP contribution in [0.25, 0.3) is 0 Å². The third-order valence-electron chi connectivity index (χ3n) is 2.79. The highest BCUT2D eigenvalue weighted by Gasteiger charge is 2.21. The van der Waals surface area contributed by atoms with Crippen LogP contribution < -0.4 is 5.32 Å². The van der Waals surface area contributed by atoms with E-state index in [1.807, 2.05) is 0 Å². The number of carbonyl (C=O) groups is 1. The summed E-state index contributed by atoms with van der Waals surface area (Å²) in [6.07, 6.45) is 2.30. The van der Waals surface area contributed by atoms with Gasteiger partial charge in [-0.2, -0.15) is 0 Å². The van der Waals surface area contributed by atoms with E-state index in [1.54, 1.807) is 24.1 Å². The number of hydrogen-bond donors (Lipinski definition) is 1. The molecule has 1 aliphatic rings. The smallest absolute Gasteiger partial charge is 0.289 e. The van der Waals surface area contributed by atoms with E-state index in [0.29, 0.717) is 18.3 Å². The lowest BCUT2D eigenvalue weighted by Gasteiger charge is -2.20. The van der Waals surface area contributed by atoms with E-state index >= 15 is 0 Å². The van der Waals surface area contributed by atoms with Crippen LogP contribution in [-0.4, -0.2) is 37.0 Å². The fourth-order valence-corrected chi connectivity index (χ4v) is 2.09. The SMILES string of the molecule is CN(CC1CCCN1)C(=O)c1ccc(Cl)o1. The molecule has 0 saturated carbocycles. The monoisotopic (exact) mass is 242 g/mol. The van der Waals surface area contributed by atoms with Crippen molar-refractivity contribution in [2.45, 2.75) is 18.9 Å². The summed E-state index contributed by atoms with van der Waals surface area (Å²) >= 11 is 5.63. The lowest BCUT2D eigenvalue weighted by Crippen LogP contribution is -2.38. The maximum Gasteiger partial charge on any atom is 0.289 e. The van der Waals surface area contributed by atoms with Gasteiger partial charge in [0.05, 0.1) is 0 Å².